The van der Waals surface area contributed by atoms with E-state index in [2.05, 4.69) is 5.32 Å². The third kappa shape index (κ3) is 2.21. The van der Waals surface area contributed by atoms with Crippen molar-refractivity contribution in [1.82, 2.24) is 5.32 Å². The van der Waals surface area contributed by atoms with Crippen LogP contribution in [0.15, 0.2) is 16.5 Å². The lowest BCUT2D eigenvalue weighted by Gasteiger charge is -2.24. The van der Waals surface area contributed by atoms with Crippen molar-refractivity contribution in [1.29, 1.82) is 0 Å². The van der Waals surface area contributed by atoms with Gasteiger partial charge in [-0.1, -0.05) is 11.6 Å². The summed E-state index contributed by atoms with van der Waals surface area (Å²) in [5.41, 5.74) is 1.91. The van der Waals surface area contributed by atoms with Crippen molar-refractivity contribution >= 4 is 22.6 Å². The summed E-state index contributed by atoms with van der Waals surface area (Å²) >= 11 is 6.57. The molecule has 3 nitrogen and oxygen atoms in total. The molecule has 1 aliphatic rings. The van der Waals surface area contributed by atoms with Crippen molar-refractivity contribution in [3.63, 3.8) is 0 Å². The van der Waals surface area contributed by atoms with Crippen LogP contribution in [0.5, 0.6) is 5.75 Å². The summed E-state index contributed by atoms with van der Waals surface area (Å²) in [6.07, 6.45) is 2.35. The van der Waals surface area contributed by atoms with Crippen molar-refractivity contribution in [3.05, 3.63) is 28.5 Å². The van der Waals surface area contributed by atoms with Gasteiger partial charge >= 0.3 is 0 Å². The maximum absolute atomic E-state index is 6.57. The molecule has 1 aromatic heterocycles. The van der Waals surface area contributed by atoms with Crippen LogP contribution in [0, 0.1) is 6.92 Å². The van der Waals surface area contributed by atoms with Gasteiger partial charge in [-0.25, -0.2) is 0 Å². The first kappa shape index (κ1) is 12.8. The first-order valence-electron chi connectivity index (χ1n) is 6.68. The van der Waals surface area contributed by atoms with E-state index in [1.807, 2.05) is 19.1 Å². The number of fused-ring (bicyclic) bond motifs is 1. The Bertz CT molecular complexity index is 600. The lowest BCUT2D eigenvalue weighted by molar-refractivity contribution is 0.406. The highest BCUT2D eigenvalue weighted by molar-refractivity contribution is 6.36. The maximum Gasteiger partial charge on any atom is 0.177 e. The molecule has 2 aromatic rings. The van der Waals surface area contributed by atoms with Gasteiger partial charge in [0, 0.05) is 11.9 Å². The third-order valence-corrected chi connectivity index (χ3v) is 4.23. The van der Waals surface area contributed by atoms with Crippen molar-refractivity contribution in [2.75, 3.05) is 20.2 Å². The molecule has 1 unspecified atom stereocenters. The van der Waals surface area contributed by atoms with Crippen LogP contribution in [-0.4, -0.2) is 20.2 Å². The molecule has 2 heterocycles. The normalized spacial score (nSPS) is 19.8. The van der Waals surface area contributed by atoms with Gasteiger partial charge < -0.3 is 14.5 Å². The van der Waals surface area contributed by atoms with Crippen molar-refractivity contribution in [2.45, 2.75) is 25.7 Å². The number of hydrogen-bond donors (Lipinski definition) is 1. The minimum atomic E-state index is 0.453. The molecule has 1 fully saturated rings. The number of rotatable bonds is 2. The van der Waals surface area contributed by atoms with Gasteiger partial charge in [-0.15, -0.1) is 0 Å². The highest BCUT2D eigenvalue weighted by Crippen LogP contribution is 2.41. The van der Waals surface area contributed by atoms with Crippen LogP contribution in [0.2, 0.25) is 5.02 Å². The number of methoxy groups -OCH3 is 1. The molecule has 0 bridgehead atoms. The van der Waals surface area contributed by atoms with E-state index in [0.29, 0.717) is 5.92 Å². The number of aryl methyl sites for hydroxylation is 1. The van der Waals surface area contributed by atoms with Crippen LogP contribution >= 0.6 is 11.6 Å². The fourth-order valence-electron chi connectivity index (χ4n) is 2.85. The molecule has 0 aliphatic carbocycles. The van der Waals surface area contributed by atoms with E-state index >= 15 is 0 Å². The number of hydrogen-bond acceptors (Lipinski definition) is 3. The van der Waals surface area contributed by atoms with E-state index < -0.39 is 0 Å². The predicted octanol–water partition coefficient (Wildman–Crippen LogP) is 3.87. The van der Waals surface area contributed by atoms with Gasteiger partial charge in [0.25, 0.3) is 0 Å². The highest BCUT2D eigenvalue weighted by Gasteiger charge is 2.22. The first-order valence-corrected chi connectivity index (χ1v) is 7.05. The second-order valence-corrected chi connectivity index (χ2v) is 5.50. The number of benzene rings is 1. The standard InChI is InChI=1S/C15H18ClNO2/c1-9-6-12-14(16)11(10-4-3-5-17-8-10)7-13(18-2)15(12)19-9/h6-7,10,17H,3-5,8H2,1-2H3. The molecule has 0 saturated carbocycles. The Morgan fingerprint density at radius 1 is 1.42 bits per heavy atom. The zero-order chi connectivity index (χ0) is 13.4. The molecule has 0 spiro atoms. The van der Waals surface area contributed by atoms with Crippen molar-refractivity contribution in [2.24, 2.45) is 0 Å². The molecule has 0 radical (unpaired) electrons. The lowest BCUT2D eigenvalue weighted by Crippen LogP contribution is -2.28. The van der Waals surface area contributed by atoms with Gasteiger partial charge in [0.1, 0.15) is 5.76 Å². The van der Waals surface area contributed by atoms with Crippen LogP contribution in [0.25, 0.3) is 11.0 Å². The fraction of sp³-hybridized carbons (Fsp3) is 0.467. The average molecular weight is 280 g/mol. The lowest BCUT2D eigenvalue weighted by atomic mass is 9.90. The molecule has 1 atom stereocenters. The number of nitrogens with one attached hydrogen (secondary N) is 1. The molecule has 19 heavy (non-hydrogen) atoms. The number of halogens is 1. The zero-order valence-corrected chi connectivity index (χ0v) is 12.0. The smallest absolute Gasteiger partial charge is 0.177 e. The van der Waals surface area contributed by atoms with Gasteiger partial charge in [-0.3, -0.25) is 0 Å². The Labute approximate surface area is 117 Å². The Morgan fingerprint density at radius 2 is 2.26 bits per heavy atom. The Hall–Kier alpha value is -1.19. The molecule has 1 aromatic carbocycles. The summed E-state index contributed by atoms with van der Waals surface area (Å²) < 4.78 is 11.1. The van der Waals surface area contributed by atoms with Gasteiger partial charge in [-0.2, -0.15) is 0 Å². The summed E-state index contributed by atoms with van der Waals surface area (Å²) in [6.45, 7) is 4.00. The predicted molar refractivity (Wildman–Crippen MR) is 77.4 cm³/mol. The average Bonchev–Trinajstić information content (AvgIpc) is 2.83. The van der Waals surface area contributed by atoms with Crippen LogP contribution in [0.4, 0.5) is 0 Å². The Kier molecular flexibility index (Phi) is 3.42. The Morgan fingerprint density at radius 3 is 2.95 bits per heavy atom. The van der Waals surface area contributed by atoms with Crippen molar-refractivity contribution in [3.8, 4) is 5.75 Å². The summed E-state index contributed by atoms with van der Waals surface area (Å²) in [6, 6.07) is 4.02. The van der Waals surface area contributed by atoms with Crippen LogP contribution in [0.1, 0.15) is 30.1 Å². The van der Waals surface area contributed by atoms with Crippen LogP contribution < -0.4 is 10.1 Å². The minimum absolute atomic E-state index is 0.453. The van der Waals surface area contributed by atoms with Gasteiger partial charge in [0.15, 0.2) is 11.3 Å². The molecule has 1 aliphatic heterocycles. The number of piperidine rings is 1. The molecule has 0 amide bonds. The van der Waals surface area contributed by atoms with Gasteiger partial charge in [0.05, 0.1) is 12.1 Å². The third-order valence-electron chi connectivity index (χ3n) is 3.81. The molecular weight excluding hydrogens is 262 g/mol. The van der Waals surface area contributed by atoms with E-state index in [1.165, 1.54) is 12.0 Å². The van der Waals surface area contributed by atoms with E-state index in [9.17, 15) is 0 Å². The first-order chi connectivity index (χ1) is 9.20. The van der Waals surface area contributed by atoms with Crippen molar-refractivity contribution < 1.29 is 9.15 Å². The van der Waals surface area contributed by atoms with E-state index in [-0.39, 0.29) is 0 Å². The second-order valence-electron chi connectivity index (χ2n) is 5.13. The topological polar surface area (TPSA) is 34.4 Å². The van der Waals surface area contributed by atoms with Crippen LogP contribution in [0.3, 0.4) is 0 Å². The molecule has 102 valence electrons. The monoisotopic (exact) mass is 279 g/mol. The number of furan rings is 1. The maximum atomic E-state index is 6.57. The van der Waals surface area contributed by atoms with Gasteiger partial charge in [0.2, 0.25) is 0 Å². The van der Waals surface area contributed by atoms with Gasteiger partial charge in [-0.05, 0) is 49.9 Å². The summed E-state index contributed by atoms with van der Waals surface area (Å²) in [4.78, 5) is 0. The second kappa shape index (κ2) is 5.06. The fourth-order valence-corrected chi connectivity index (χ4v) is 3.20. The van der Waals surface area contributed by atoms with E-state index in [1.54, 1.807) is 7.11 Å². The van der Waals surface area contributed by atoms with E-state index in [4.69, 9.17) is 20.8 Å². The minimum Gasteiger partial charge on any atom is -0.493 e. The number of ether oxygens (including phenoxy) is 1. The molecule has 3 rings (SSSR count). The van der Waals surface area contributed by atoms with E-state index in [0.717, 1.165) is 47.0 Å². The molecule has 4 heteroatoms. The summed E-state index contributed by atoms with van der Waals surface area (Å²) in [5.74, 6) is 2.08. The highest BCUT2D eigenvalue weighted by atomic mass is 35.5. The molecule has 1 N–H and O–H groups in total. The summed E-state index contributed by atoms with van der Waals surface area (Å²) in [5, 5.41) is 5.19. The molecule has 1 saturated heterocycles. The largest absolute Gasteiger partial charge is 0.493 e. The molecular formula is C15H18ClNO2. The SMILES string of the molecule is COc1cc(C2CCCNC2)c(Cl)c2cc(C)oc12. The zero-order valence-electron chi connectivity index (χ0n) is 11.3. The summed E-state index contributed by atoms with van der Waals surface area (Å²) in [7, 11) is 1.67. The quantitative estimate of drug-likeness (QED) is 0.906. The Balaban J connectivity index is 2.15. The van der Waals surface area contributed by atoms with Crippen LogP contribution in [-0.2, 0) is 0 Å².